The van der Waals surface area contributed by atoms with E-state index in [-0.39, 0.29) is 24.8 Å². The van der Waals surface area contributed by atoms with Crippen LogP contribution in [0.25, 0.3) is 21.9 Å². The maximum atomic E-state index is 14.9. The molecular formula is C24H24FN7O2. The van der Waals surface area contributed by atoms with E-state index in [0.29, 0.717) is 39.5 Å². The number of β-amino-alcohol motifs (C(OH)–C–C–N with tert-alkyl or cyclic N) is 1. The Bertz CT molecular complexity index is 1450. The van der Waals surface area contributed by atoms with Crippen molar-refractivity contribution in [1.82, 2.24) is 24.6 Å². The van der Waals surface area contributed by atoms with Crippen LogP contribution in [0.1, 0.15) is 18.2 Å². The first-order valence-corrected chi connectivity index (χ1v) is 10.7. The third-order valence-electron chi connectivity index (χ3n) is 6.20. The lowest BCUT2D eigenvalue weighted by atomic mass is 9.99. The molecule has 9 nitrogen and oxygen atoms in total. The Morgan fingerprint density at radius 1 is 1.12 bits per heavy atom. The number of aromatic nitrogens is 4. The van der Waals surface area contributed by atoms with Crippen LogP contribution in [0.15, 0.2) is 42.9 Å². The molecule has 4 N–H and O–H groups in total. The molecule has 0 spiro atoms. The summed E-state index contributed by atoms with van der Waals surface area (Å²) in [6.07, 6.45) is 4.71. The third kappa shape index (κ3) is 3.71. The number of pyridine rings is 2. The number of carbonyl (C=O) groups is 1. The monoisotopic (exact) mass is 461 g/mol. The van der Waals surface area contributed by atoms with Gasteiger partial charge >= 0.3 is 0 Å². The first kappa shape index (κ1) is 21.8. The number of carbonyl (C=O) groups excluding carboxylic acids is 1. The largest absolute Gasteiger partial charge is 0.397 e. The SMILES string of the molecule is Cc1c(N)cncc1-c1cc2cc(Nc3cc4n(n3)CC(=O)N(C)CC4(C)O)ncc2cc1F. The minimum atomic E-state index is -1.25. The van der Waals surface area contributed by atoms with Crippen LogP contribution >= 0.6 is 0 Å². The van der Waals surface area contributed by atoms with E-state index in [1.807, 2.05) is 6.92 Å². The van der Waals surface area contributed by atoms with Crippen LogP contribution in [0, 0.1) is 12.7 Å². The Balaban J connectivity index is 1.51. The second-order valence-corrected chi connectivity index (χ2v) is 8.87. The highest BCUT2D eigenvalue weighted by Gasteiger charge is 2.35. The summed E-state index contributed by atoms with van der Waals surface area (Å²) in [6.45, 7) is 3.68. The maximum Gasteiger partial charge on any atom is 0.244 e. The standard InChI is InChI=1S/C24H24FN7O2/c1-13-17(9-27-10-19(13)26)16-4-14-6-21(28-8-15(14)5-18(16)25)29-22-7-20-24(2,34)12-31(3)23(33)11-32(20)30-22/h4-10,34H,11-12,26H2,1-3H3,(H,28,29,30). The van der Waals surface area contributed by atoms with E-state index in [1.54, 1.807) is 50.8 Å². The minimum absolute atomic E-state index is 0.0328. The molecule has 3 aromatic heterocycles. The number of amides is 1. The summed E-state index contributed by atoms with van der Waals surface area (Å²) in [5.41, 5.74) is 7.52. The molecule has 0 fully saturated rings. The van der Waals surface area contributed by atoms with E-state index in [0.717, 1.165) is 10.9 Å². The molecule has 1 amide bonds. The average molecular weight is 462 g/mol. The molecule has 34 heavy (non-hydrogen) atoms. The van der Waals surface area contributed by atoms with E-state index in [2.05, 4.69) is 20.4 Å². The van der Waals surface area contributed by atoms with Crippen molar-refractivity contribution >= 4 is 34.0 Å². The number of nitrogens with two attached hydrogens (primary N) is 1. The van der Waals surface area contributed by atoms with Gasteiger partial charge in [0.15, 0.2) is 5.82 Å². The predicted molar refractivity (Wildman–Crippen MR) is 127 cm³/mol. The van der Waals surface area contributed by atoms with Gasteiger partial charge in [0.2, 0.25) is 5.91 Å². The van der Waals surface area contributed by atoms with Crippen molar-refractivity contribution in [2.24, 2.45) is 0 Å². The highest BCUT2D eigenvalue weighted by Crippen LogP contribution is 2.33. The predicted octanol–water partition coefficient (Wildman–Crippen LogP) is 2.95. The molecule has 1 atom stereocenters. The van der Waals surface area contributed by atoms with Crippen LogP contribution in [0.2, 0.25) is 0 Å². The zero-order chi connectivity index (χ0) is 24.2. The number of fused-ring (bicyclic) bond motifs is 2. The number of likely N-dealkylation sites (N-methyl/N-ethyl adjacent to an activating group) is 1. The summed E-state index contributed by atoms with van der Waals surface area (Å²) < 4.78 is 16.4. The van der Waals surface area contributed by atoms with Gasteiger partial charge in [-0.2, -0.15) is 5.10 Å². The number of aliphatic hydroxyl groups is 1. The van der Waals surface area contributed by atoms with Crippen LogP contribution in [0.4, 0.5) is 21.7 Å². The first-order valence-electron chi connectivity index (χ1n) is 10.7. The van der Waals surface area contributed by atoms with Gasteiger partial charge in [0.05, 0.1) is 24.1 Å². The molecule has 4 heterocycles. The van der Waals surface area contributed by atoms with Crippen molar-refractivity contribution in [2.75, 3.05) is 24.6 Å². The summed E-state index contributed by atoms with van der Waals surface area (Å²) in [4.78, 5) is 22.2. The van der Waals surface area contributed by atoms with Crippen LogP contribution < -0.4 is 11.1 Å². The molecule has 0 aliphatic carbocycles. The highest BCUT2D eigenvalue weighted by atomic mass is 19.1. The zero-order valence-corrected chi connectivity index (χ0v) is 19.0. The normalized spacial score (nSPS) is 18.1. The number of anilines is 3. The van der Waals surface area contributed by atoms with Gasteiger partial charge in [-0.3, -0.25) is 14.5 Å². The second kappa shape index (κ2) is 7.77. The second-order valence-electron chi connectivity index (χ2n) is 8.87. The fraction of sp³-hybridized carbons (Fsp3) is 0.250. The summed E-state index contributed by atoms with van der Waals surface area (Å²) in [5, 5.41) is 19.8. The molecule has 0 saturated carbocycles. The lowest BCUT2D eigenvalue weighted by Crippen LogP contribution is -2.37. The minimum Gasteiger partial charge on any atom is -0.397 e. The summed E-state index contributed by atoms with van der Waals surface area (Å²) in [7, 11) is 1.65. The lowest BCUT2D eigenvalue weighted by molar-refractivity contribution is -0.132. The quantitative estimate of drug-likeness (QED) is 0.429. The first-order chi connectivity index (χ1) is 16.1. The van der Waals surface area contributed by atoms with Gasteiger partial charge in [-0.15, -0.1) is 0 Å². The molecule has 1 aromatic carbocycles. The van der Waals surface area contributed by atoms with Gasteiger partial charge in [0, 0.05) is 42.0 Å². The molecule has 5 rings (SSSR count). The third-order valence-corrected chi connectivity index (χ3v) is 6.20. The van der Waals surface area contributed by atoms with Crippen molar-refractivity contribution < 1.29 is 14.3 Å². The smallest absolute Gasteiger partial charge is 0.244 e. The van der Waals surface area contributed by atoms with E-state index < -0.39 is 5.60 Å². The van der Waals surface area contributed by atoms with Gasteiger partial charge in [-0.1, -0.05) is 0 Å². The molecule has 1 aliphatic rings. The van der Waals surface area contributed by atoms with Crippen molar-refractivity contribution in [1.29, 1.82) is 0 Å². The Kier molecular flexibility index (Phi) is 4.98. The zero-order valence-electron chi connectivity index (χ0n) is 19.0. The van der Waals surface area contributed by atoms with E-state index >= 15 is 0 Å². The maximum absolute atomic E-state index is 14.9. The van der Waals surface area contributed by atoms with Crippen molar-refractivity contribution in [3.63, 3.8) is 0 Å². The van der Waals surface area contributed by atoms with E-state index in [4.69, 9.17) is 5.73 Å². The molecule has 0 bridgehead atoms. The van der Waals surface area contributed by atoms with Crippen LogP contribution in [0.3, 0.4) is 0 Å². The number of nitrogens with one attached hydrogen (secondary N) is 1. The Morgan fingerprint density at radius 2 is 1.91 bits per heavy atom. The molecule has 10 heteroatoms. The number of hydrogen-bond acceptors (Lipinski definition) is 7. The Morgan fingerprint density at radius 3 is 2.71 bits per heavy atom. The van der Waals surface area contributed by atoms with Crippen LogP contribution in [-0.4, -0.2) is 49.3 Å². The molecule has 1 unspecified atom stereocenters. The number of hydrogen-bond donors (Lipinski definition) is 3. The Hall–Kier alpha value is -4.05. The van der Waals surface area contributed by atoms with Crippen molar-refractivity contribution in [2.45, 2.75) is 26.0 Å². The number of halogens is 1. The van der Waals surface area contributed by atoms with Gasteiger partial charge in [-0.25, -0.2) is 9.37 Å². The molecule has 0 radical (unpaired) electrons. The molecule has 0 saturated heterocycles. The fourth-order valence-electron chi connectivity index (χ4n) is 4.30. The highest BCUT2D eigenvalue weighted by molar-refractivity contribution is 5.90. The van der Waals surface area contributed by atoms with Crippen LogP contribution in [0.5, 0.6) is 0 Å². The molecule has 1 aliphatic heterocycles. The van der Waals surface area contributed by atoms with Gasteiger partial charge in [-0.05, 0) is 43.0 Å². The fourth-order valence-corrected chi connectivity index (χ4v) is 4.30. The number of rotatable bonds is 3. The van der Waals surface area contributed by atoms with Gasteiger partial charge in [0.1, 0.15) is 23.8 Å². The van der Waals surface area contributed by atoms with Crippen molar-refractivity contribution in [3.8, 4) is 11.1 Å². The average Bonchev–Trinajstić information content (AvgIpc) is 3.15. The number of nitrogens with zero attached hydrogens (tertiary/aromatic N) is 5. The van der Waals surface area contributed by atoms with Crippen molar-refractivity contribution in [3.05, 3.63) is 59.9 Å². The number of nitrogen functional groups attached to an aromatic ring is 1. The molecule has 174 valence electrons. The van der Waals surface area contributed by atoms with Crippen LogP contribution in [-0.2, 0) is 16.9 Å². The Labute approximate surface area is 195 Å². The number of benzene rings is 1. The lowest BCUT2D eigenvalue weighted by Gasteiger charge is -2.25. The molecule has 4 aromatic rings. The topological polar surface area (TPSA) is 122 Å². The molecular weight excluding hydrogens is 437 g/mol. The van der Waals surface area contributed by atoms with E-state index in [1.165, 1.54) is 15.6 Å². The van der Waals surface area contributed by atoms with E-state index in [9.17, 15) is 14.3 Å². The summed E-state index contributed by atoms with van der Waals surface area (Å²) in [6, 6.07) is 6.66. The summed E-state index contributed by atoms with van der Waals surface area (Å²) in [5.74, 6) is 0.403. The van der Waals surface area contributed by atoms with Gasteiger partial charge in [0.25, 0.3) is 0 Å². The summed E-state index contributed by atoms with van der Waals surface area (Å²) >= 11 is 0. The van der Waals surface area contributed by atoms with Gasteiger partial charge < -0.3 is 21.1 Å².